The van der Waals surface area contributed by atoms with E-state index < -0.39 is 0 Å². The fourth-order valence-corrected chi connectivity index (χ4v) is 5.10. The summed E-state index contributed by atoms with van der Waals surface area (Å²) in [6.07, 6.45) is 1.71. The molecule has 1 unspecified atom stereocenters. The summed E-state index contributed by atoms with van der Waals surface area (Å²) in [4.78, 5) is 13.8. The van der Waals surface area contributed by atoms with E-state index in [0.29, 0.717) is 6.54 Å². The first-order valence-corrected chi connectivity index (χ1v) is 11.4. The van der Waals surface area contributed by atoms with Gasteiger partial charge in [0.25, 0.3) is 0 Å². The molecule has 3 aromatic rings. The predicted molar refractivity (Wildman–Crippen MR) is 115 cm³/mol. The third-order valence-electron chi connectivity index (χ3n) is 3.85. The SMILES string of the molecule is CCC(Sc1nnc(NCCc2cccs2)s1)C(=O)NCc1ccccc1. The molecule has 5 nitrogen and oxygen atoms in total. The average molecular weight is 419 g/mol. The van der Waals surface area contributed by atoms with Crippen LogP contribution in [0.3, 0.4) is 0 Å². The van der Waals surface area contributed by atoms with Gasteiger partial charge in [0.2, 0.25) is 11.0 Å². The van der Waals surface area contributed by atoms with Crippen LogP contribution in [-0.4, -0.2) is 27.9 Å². The minimum Gasteiger partial charge on any atom is -0.360 e. The number of anilines is 1. The molecule has 0 saturated heterocycles. The molecule has 0 aliphatic carbocycles. The summed E-state index contributed by atoms with van der Waals surface area (Å²) in [5.74, 6) is 0.0359. The average Bonchev–Trinajstić information content (AvgIpc) is 3.37. The summed E-state index contributed by atoms with van der Waals surface area (Å²) in [6.45, 7) is 3.39. The van der Waals surface area contributed by atoms with Crippen LogP contribution in [-0.2, 0) is 17.8 Å². The van der Waals surface area contributed by atoms with Gasteiger partial charge in [-0.2, -0.15) is 0 Å². The van der Waals surface area contributed by atoms with E-state index in [4.69, 9.17) is 0 Å². The number of hydrogen-bond donors (Lipinski definition) is 2. The zero-order valence-electron chi connectivity index (χ0n) is 15.1. The number of nitrogens with one attached hydrogen (secondary N) is 2. The Kier molecular flexibility index (Phi) is 7.67. The maximum Gasteiger partial charge on any atom is 0.233 e. The number of benzene rings is 1. The molecule has 27 heavy (non-hydrogen) atoms. The number of hydrogen-bond acceptors (Lipinski definition) is 7. The molecule has 1 aromatic carbocycles. The van der Waals surface area contributed by atoms with Gasteiger partial charge in [-0.15, -0.1) is 21.5 Å². The van der Waals surface area contributed by atoms with E-state index in [-0.39, 0.29) is 11.2 Å². The van der Waals surface area contributed by atoms with Gasteiger partial charge in [0.05, 0.1) is 5.25 Å². The van der Waals surface area contributed by atoms with Crippen molar-refractivity contribution in [3.8, 4) is 0 Å². The smallest absolute Gasteiger partial charge is 0.233 e. The lowest BCUT2D eigenvalue weighted by atomic mass is 10.2. The molecule has 2 N–H and O–H groups in total. The molecule has 2 aromatic heterocycles. The number of amides is 1. The van der Waals surface area contributed by atoms with Crippen LogP contribution in [0.15, 0.2) is 52.2 Å². The van der Waals surface area contributed by atoms with Crippen LogP contribution in [0, 0.1) is 0 Å². The van der Waals surface area contributed by atoms with Crippen LogP contribution in [0.1, 0.15) is 23.8 Å². The Labute approximate surface area is 171 Å². The van der Waals surface area contributed by atoms with Gasteiger partial charge in [0, 0.05) is 18.0 Å². The monoisotopic (exact) mass is 418 g/mol. The second-order valence-electron chi connectivity index (χ2n) is 5.85. The van der Waals surface area contributed by atoms with E-state index in [1.165, 1.54) is 28.0 Å². The van der Waals surface area contributed by atoms with Crippen LogP contribution < -0.4 is 10.6 Å². The molecule has 1 amide bonds. The number of rotatable bonds is 10. The van der Waals surface area contributed by atoms with E-state index in [1.54, 1.807) is 11.3 Å². The largest absolute Gasteiger partial charge is 0.360 e. The Morgan fingerprint density at radius 1 is 1.19 bits per heavy atom. The predicted octanol–water partition coefficient (Wildman–Crippen LogP) is 4.44. The number of carbonyl (C=O) groups is 1. The first-order valence-electron chi connectivity index (χ1n) is 8.82. The summed E-state index contributed by atoms with van der Waals surface area (Å²) in [5.41, 5.74) is 1.10. The Morgan fingerprint density at radius 2 is 2.04 bits per heavy atom. The highest BCUT2D eigenvalue weighted by atomic mass is 32.2. The fourth-order valence-electron chi connectivity index (χ4n) is 2.42. The molecule has 0 spiro atoms. The molecule has 2 heterocycles. The summed E-state index contributed by atoms with van der Waals surface area (Å²) < 4.78 is 0.815. The number of thioether (sulfide) groups is 1. The highest BCUT2D eigenvalue weighted by Gasteiger charge is 2.20. The van der Waals surface area contributed by atoms with Crippen molar-refractivity contribution in [1.82, 2.24) is 15.5 Å². The zero-order chi connectivity index (χ0) is 18.9. The number of nitrogens with zero attached hydrogens (tertiary/aromatic N) is 2. The van der Waals surface area contributed by atoms with Gasteiger partial charge >= 0.3 is 0 Å². The molecule has 0 radical (unpaired) electrons. The molecule has 0 aliphatic heterocycles. The first-order chi connectivity index (χ1) is 13.2. The lowest BCUT2D eigenvalue weighted by molar-refractivity contribution is -0.120. The van der Waals surface area contributed by atoms with Crippen molar-refractivity contribution < 1.29 is 4.79 Å². The van der Waals surface area contributed by atoms with Crippen LogP contribution in [0.2, 0.25) is 0 Å². The van der Waals surface area contributed by atoms with Gasteiger partial charge in [-0.1, -0.05) is 66.4 Å². The van der Waals surface area contributed by atoms with E-state index >= 15 is 0 Å². The van der Waals surface area contributed by atoms with E-state index in [9.17, 15) is 4.79 Å². The van der Waals surface area contributed by atoms with Gasteiger partial charge in [-0.25, -0.2) is 0 Å². The number of thiophene rings is 1. The van der Waals surface area contributed by atoms with E-state index in [2.05, 4.69) is 38.3 Å². The quantitative estimate of drug-likeness (QED) is 0.477. The molecule has 0 saturated carbocycles. The lowest BCUT2D eigenvalue weighted by Gasteiger charge is -2.13. The van der Waals surface area contributed by atoms with Crippen molar-refractivity contribution in [2.24, 2.45) is 0 Å². The Hall–Kier alpha value is -1.90. The van der Waals surface area contributed by atoms with Crippen molar-refractivity contribution in [2.45, 2.75) is 35.9 Å². The van der Waals surface area contributed by atoms with Gasteiger partial charge in [0.15, 0.2) is 4.34 Å². The van der Waals surface area contributed by atoms with Gasteiger partial charge < -0.3 is 10.6 Å². The second kappa shape index (κ2) is 10.4. The maximum absolute atomic E-state index is 12.5. The van der Waals surface area contributed by atoms with Crippen molar-refractivity contribution in [3.05, 3.63) is 58.3 Å². The Balaban J connectivity index is 1.46. The first kappa shape index (κ1) is 19.9. The minimum atomic E-state index is -0.166. The van der Waals surface area contributed by atoms with Crippen LogP contribution in [0.5, 0.6) is 0 Å². The molecular formula is C19H22N4OS3. The fraction of sp³-hybridized carbons (Fsp3) is 0.316. The van der Waals surface area contributed by atoms with E-state index in [0.717, 1.165) is 34.4 Å². The molecule has 3 rings (SSSR count). The summed E-state index contributed by atoms with van der Waals surface area (Å²) >= 11 is 4.74. The molecule has 142 valence electrons. The topological polar surface area (TPSA) is 66.9 Å². The molecule has 8 heteroatoms. The highest BCUT2D eigenvalue weighted by molar-refractivity contribution is 8.02. The summed E-state index contributed by atoms with van der Waals surface area (Å²) in [5, 5.41) is 17.4. The lowest BCUT2D eigenvalue weighted by Crippen LogP contribution is -2.31. The van der Waals surface area contributed by atoms with Gasteiger partial charge in [-0.05, 0) is 29.9 Å². The van der Waals surface area contributed by atoms with E-state index in [1.807, 2.05) is 37.3 Å². The van der Waals surface area contributed by atoms with Crippen LogP contribution in [0.25, 0.3) is 0 Å². The maximum atomic E-state index is 12.5. The van der Waals surface area contributed by atoms with Crippen molar-refractivity contribution in [3.63, 3.8) is 0 Å². The van der Waals surface area contributed by atoms with Crippen LogP contribution >= 0.6 is 34.4 Å². The Morgan fingerprint density at radius 3 is 2.78 bits per heavy atom. The molecule has 0 aliphatic rings. The van der Waals surface area contributed by atoms with Crippen LogP contribution in [0.4, 0.5) is 5.13 Å². The zero-order valence-corrected chi connectivity index (χ0v) is 17.5. The number of aromatic nitrogens is 2. The third kappa shape index (κ3) is 6.34. The highest BCUT2D eigenvalue weighted by Crippen LogP contribution is 2.30. The summed E-state index contributed by atoms with van der Waals surface area (Å²) in [6, 6.07) is 14.1. The Bertz CT molecular complexity index is 821. The summed E-state index contributed by atoms with van der Waals surface area (Å²) in [7, 11) is 0. The molecular weight excluding hydrogens is 396 g/mol. The minimum absolute atomic E-state index is 0.0359. The second-order valence-corrected chi connectivity index (χ2v) is 9.31. The number of carbonyl (C=O) groups excluding carboxylic acids is 1. The standard InChI is InChI=1S/C19H22N4OS3/c1-2-16(17(24)21-13-14-7-4-3-5-8-14)26-19-23-22-18(27-19)20-11-10-15-9-6-12-25-15/h3-9,12,16H,2,10-11,13H2,1H3,(H,20,22)(H,21,24). The molecule has 1 atom stereocenters. The third-order valence-corrected chi connectivity index (χ3v) is 7.12. The normalized spacial score (nSPS) is 11.9. The molecule has 0 fully saturated rings. The van der Waals surface area contributed by atoms with Crippen molar-refractivity contribution in [1.29, 1.82) is 0 Å². The van der Waals surface area contributed by atoms with Gasteiger partial charge in [-0.3, -0.25) is 4.79 Å². The molecule has 0 bridgehead atoms. The van der Waals surface area contributed by atoms with Crippen molar-refractivity contribution in [2.75, 3.05) is 11.9 Å². The van der Waals surface area contributed by atoms with Gasteiger partial charge in [0.1, 0.15) is 0 Å². The van der Waals surface area contributed by atoms with Crippen molar-refractivity contribution >= 4 is 45.5 Å².